The number of fused-ring (bicyclic) bond motifs is 1. The molecular formula is C25H30FN5O2. The van der Waals surface area contributed by atoms with Crippen LogP contribution in [0.4, 0.5) is 15.8 Å². The molecule has 2 aliphatic heterocycles. The third kappa shape index (κ3) is 4.64. The molecule has 7 nitrogen and oxygen atoms in total. The second-order valence-corrected chi connectivity index (χ2v) is 9.36. The summed E-state index contributed by atoms with van der Waals surface area (Å²) in [5.74, 6) is -0.230. The van der Waals surface area contributed by atoms with Crippen molar-refractivity contribution in [1.82, 2.24) is 15.3 Å². The Labute approximate surface area is 192 Å². The van der Waals surface area contributed by atoms with Crippen LogP contribution in [0, 0.1) is 5.82 Å². The van der Waals surface area contributed by atoms with Crippen molar-refractivity contribution >= 4 is 22.4 Å². The van der Waals surface area contributed by atoms with E-state index in [1.807, 2.05) is 29.2 Å². The number of hydrogen-bond donors (Lipinski definition) is 3. The van der Waals surface area contributed by atoms with Gasteiger partial charge >= 0.3 is 0 Å². The minimum Gasteiger partial charge on any atom is -0.388 e. The fourth-order valence-corrected chi connectivity index (χ4v) is 5.00. The molecule has 0 spiro atoms. The van der Waals surface area contributed by atoms with Crippen LogP contribution in [-0.4, -0.2) is 70.7 Å². The molecule has 0 saturated carbocycles. The lowest BCUT2D eigenvalue weighted by molar-refractivity contribution is 0.00633. The third-order valence-corrected chi connectivity index (χ3v) is 6.94. The first kappa shape index (κ1) is 22.0. The van der Waals surface area contributed by atoms with Gasteiger partial charge in [-0.15, -0.1) is 0 Å². The van der Waals surface area contributed by atoms with Crippen LogP contribution in [0.5, 0.6) is 0 Å². The maximum atomic E-state index is 14.1. The molecule has 2 aliphatic rings. The van der Waals surface area contributed by atoms with Crippen molar-refractivity contribution in [3.8, 4) is 0 Å². The van der Waals surface area contributed by atoms with Gasteiger partial charge in [0, 0.05) is 51.7 Å². The van der Waals surface area contributed by atoms with E-state index in [2.05, 4.69) is 20.2 Å². The van der Waals surface area contributed by atoms with Gasteiger partial charge in [0.25, 0.3) is 0 Å². The van der Waals surface area contributed by atoms with E-state index in [0.29, 0.717) is 57.7 Å². The van der Waals surface area contributed by atoms with Crippen LogP contribution >= 0.6 is 0 Å². The summed E-state index contributed by atoms with van der Waals surface area (Å²) in [6.07, 6.45) is 5.27. The van der Waals surface area contributed by atoms with Crippen LogP contribution in [0.1, 0.15) is 19.3 Å². The first-order valence-corrected chi connectivity index (χ1v) is 11.5. The molecule has 33 heavy (non-hydrogen) atoms. The van der Waals surface area contributed by atoms with Gasteiger partial charge in [0.2, 0.25) is 0 Å². The molecule has 2 fully saturated rings. The number of aliphatic hydroxyl groups is 2. The Morgan fingerprint density at radius 2 is 1.55 bits per heavy atom. The predicted molar refractivity (Wildman–Crippen MR) is 127 cm³/mol. The molecule has 174 valence electrons. The first-order chi connectivity index (χ1) is 15.9. The second-order valence-electron chi connectivity index (χ2n) is 9.36. The summed E-state index contributed by atoms with van der Waals surface area (Å²) >= 11 is 0. The van der Waals surface area contributed by atoms with E-state index < -0.39 is 11.2 Å². The average Bonchev–Trinajstić information content (AvgIpc) is 3.21. The topological polar surface area (TPSA) is 84.8 Å². The van der Waals surface area contributed by atoms with E-state index in [1.54, 1.807) is 24.5 Å². The molecular weight excluding hydrogens is 421 g/mol. The summed E-state index contributed by atoms with van der Waals surface area (Å²) in [5, 5.41) is 25.5. The monoisotopic (exact) mass is 451 g/mol. The zero-order valence-corrected chi connectivity index (χ0v) is 18.6. The molecule has 1 atom stereocenters. The van der Waals surface area contributed by atoms with Gasteiger partial charge in [0.15, 0.2) is 0 Å². The van der Waals surface area contributed by atoms with Crippen molar-refractivity contribution in [1.29, 1.82) is 0 Å². The van der Waals surface area contributed by atoms with Crippen molar-refractivity contribution in [2.45, 2.75) is 30.5 Å². The number of halogens is 1. The van der Waals surface area contributed by atoms with Gasteiger partial charge in [-0.3, -0.25) is 9.97 Å². The largest absolute Gasteiger partial charge is 0.388 e. The van der Waals surface area contributed by atoms with Gasteiger partial charge in [0.05, 0.1) is 28.1 Å². The number of nitrogens with zero attached hydrogens (tertiary/aromatic N) is 4. The lowest BCUT2D eigenvalue weighted by atomic mass is 9.90. The van der Waals surface area contributed by atoms with E-state index in [1.165, 1.54) is 6.07 Å². The first-order valence-electron chi connectivity index (χ1n) is 11.5. The van der Waals surface area contributed by atoms with E-state index in [0.717, 1.165) is 23.3 Å². The Morgan fingerprint density at radius 1 is 0.818 bits per heavy atom. The van der Waals surface area contributed by atoms with Crippen LogP contribution in [0.15, 0.2) is 54.9 Å². The number of hydrogen-bond acceptors (Lipinski definition) is 7. The fraction of sp³-hybridized carbons (Fsp3) is 0.440. The number of anilines is 2. The molecule has 8 heteroatoms. The van der Waals surface area contributed by atoms with Gasteiger partial charge in [-0.25, -0.2) is 4.39 Å². The zero-order chi connectivity index (χ0) is 22.9. The van der Waals surface area contributed by atoms with E-state index in [-0.39, 0.29) is 5.82 Å². The molecule has 2 aromatic heterocycles. The zero-order valence-electron chi connectivity index (χ0n) is 18.6. The third-order valence-electron chi connectivity index (χ3n) is 6.94. The van der Waals surface area contributed by atoms with Crippen molar-refractivity contribution in [2.24, 2.45) is 0 Å². The molecule has 0 aliphatic carbocycles. The van der Waals surface area contributed by atoms with Crippen molar-refractivity contribution in [3.63, 3.8) is 0 Å². The molecule has 5 rings (SSSR count). The average molecular weight is 452 g/mol. The fourth-order valence-electron chi connectivity index (χ4n) is 5.00. The summed E-state index contributed by atoms with van der Waals surface area (Å²) in [5.41, 5.74) is 1.51. The second kappa shape index (κ2) is 8.85. The Kier molecular flexibility index (Phi) is 5.90. The number of rotatable bonds is 6. The number of benzene rings is 1. The van der Waals surface area contributed by atoms with Crippen molar-refractivity contribution < 1.29 is 14.6 Å². The highest BCUT2D eigenvalue weighted by atomic mass is 19.1. The SMILES string of the molecule is OC1(CNC[C@@]2(O)CCN(c3ccnc4cccnc34)C2)CCN(c2ccccc2F)CC1. The lowest BCUT2D eigenvalue weighted by Gasteiger charge is -2.40. The Hall–Kier alpha value is -2.81. The lowest BCUT2D eigenvalue weighted by Crippen LogP contribution is -2.53. The highest BCUT2D eigenvalue weighted by Crippen LogP contribution is 2.31. The van der Waals surface area contributed by atoms with E-state index in [9.17, 15) is 14.6 Å². The van der Waals surface area contributed by atoms with Gasteiger partial charge in [-0.1, -0.05) is 12.1 Å². The summed E-state index contributed by atoms with van der Waals surface area (Å²) in [4.78, 5) is 13.0. The van der Waals surface area contributed by atoms with Gasteiger partial charge < -0.3 is 25.3 Å². The highest BCUT2D eigenvalue weighted by Gasteiger charge is 2.38. The van der Waals surface area contributed by atoms with Crippen molar-refractivity contribution in [3.05, 3.63) is 60.7 Å². The van der Waals surface area contributed by atoms with Crippen molar-refractivity contribution in [2.75, 3.05) is 49.1 Å². The minimum atomic E-state index is -0.880. The number of β-amino-alcohol motifs (C(OH)–C–C–N with tert-alkyl or cyclic N) is 1. The summed E-state index contributed by atoms with van der Waals surface area (Å²) in [7, 11) is 0. The molecule has 0 radical (unpaired) electrons. The standard InChI is InChI=1S/C25H30FN5O2/c26-19-4-1-2-6-21(19)30-13-8-24(32,9-14-30)16-27-17-25(33)10-15-31(18-25)22-7-12-28-20-5-3-11-29-23(20)22/h1-7,11-12,27,32-33H,8-10,13-18H2/t25-/m0/s1. The van der Waals surface area contributed by atoms with E-state index in [4.69, 9.17) is 0 Å². The molecule has 3 N–H and O–H groups in total. The quantitative estimate of drug-likeness (QED) is 0.531. The Balaban J connectivity index is 1.15. The predicted octanol–water partition coefficient (Wildman–Crippen LogP) is 2.33. The molecule has 0 unspecified atom stereocenters. The molecule has 4 heterocycles. The van der Waals surface area contributed by atoms with Crippen LogP contribution in [0.2, 0.25) is 0 Å². The Bertz CT molecular complexity index is 1120. The highest BCUT2D eigenvalue weighted by molar-refractivity contribution is 5.87. The maximum absolute atomic E-state index is 14.1. The van der Waals surface area contributed by atoms with Crippen LogP contribution in [0.25, 0.3) is 11.0 Å². The van der Waals surface area contributed by atoms with E-state index >= 15 is 0 Å². The number of pyridine rings is 2. The van der Waals surface area contributed by atoms with Crippen LogP contribution < -0.4 is 15.1 Å². The molecule has 3 aromatic rings. The van der Waals surface area contributed by atoms with Gasteiger partial charge in [-0.05, 0) is 49.6 Å². The molecule has 0 bridgehead atoms. The van der Waals surface area contributed by atoms with Gasteiger partial charge in [0.1, 0.15) is 11.3 Å². The summed E-state index contributed by atoms with van der Waals surface area (Å²) in [6.45, 7) is 3.23. The van der Waals surface area contributed by atoms with Crippen LogP contribution in [-0.2, 0) is 0 Å². The summed E-state index contributed by atoms with van der Waals surface area (Å²) < 4.78 is 14.1. The Morgan fingerprint density at radius 3 is 2.36 bits per heavy atom. The number of piperidine rings is 1. The molecule has 0 amide bonds. The molecule has 1 aromatic carbocycles. The maximum Gasteiger partial charge on any atom is 0.146 e. The normalized spacial score (nSPS) is 22.8. The number of aromatic nitrogens is 2. The smallest absolute Gasteiger partial charge is 0.146 e. The van der Waals surface area contributed by atoms with Crippen LogP contribution in [0.3, 0.4) is 0 Å². The molecule has 2 saturated heterocycles. The summed E-state index contributed by atoms with van der Waals surface area (Å²) in [6, 6.07) is 12.5. The number of para-hydroxylation sites is 1. The van der Waals surface area contributed by atoms with Gasteiger partial charge in [-0.2, -0.15) is 0 Å². The minimum absolute atomic E-state index is 0.230. The number of nitrogens with one attached hydrogen (secondary N) is 1.